The molecular formula is C22H27NOS. The summed E-state index contributed by atoms with van der Waals surface area (Å²) in [5.41, 5.74) is 6.21. The molecule has 3 heteroatoms. The maximum absolute atomic E-state index is 11.5. The molecule has 2 nitrogen and oxygen atoms in total. The van der Waals surface area contributed by atoms with Crippen LogP contribution >= 0.6 is 11.8 Å². The van der Waals surface area contributed by atoms with Crippen LogP contribution in [0.3, 0.4) is 0 Å². The number of Topliss-reactive ketones (excluding diaryl/α,β-unsaturated/α-hetero) is 1. The molecule has 0 spiro atoms. The number of carbonyl (C=O) groups excluding carboxylic acids is 1. The summed E-state index contributed by atoms with van der Waals surface area (Å²) in [4.78, 5) is 17.6. The molecule has 1 unspecified atom stereocenters. The summed E-state index contributed by atoms with van der Waals surface area (Å²) in [6.45, 7) is 15.7. The van der Waals surface area contributed by atoms with Crippen LogP contribution < -0.4 is 0 Å². The van der Waals surface area contributed by atoms with E-state index in [0.717, 1.165) is 35.4 Å². The lowest BCUT2D eigenvalue weighted by molar-refractivity contribution is -0.112. The minimum Gasteiger partial charge on any atom is -0.294 e. The number of ketones is 1. The molecule has 2 rings (SSSR count). The zero-order chi connectivity index (χ0) is 18.6. The first kappa shape index (κ1) is 19.5. The highest BCUT2D eigenvalue weighted by Crippen LogP contribution is 2.41. The molecule has 1 aromatic rings. The van der Waals surface area contributed by atoms with Crippen LogP contribution in [-0.4, -0.2) is 12.0 Å². The van der Waals surface area contributed by atoms with Gasteiger partial charge in [-0.05, 0) is 63.7 Å². The molecule has 0 heterocycles. The van der Waals surface area contributed by atoms with Gasteiger partial charge in [0.1, 0.15) is 0 Å². The quantitative estimate of drug-likeness (QED) is 0.350. The summed E-state index contributed by atoms with van der Waals surface area (Å²) < 4.78 is 0. The van der Waals surface area contributed by atoms with Gasteiger partial charge in [0.15, 0.2) is 5.78 Å². The fourth-order valence-corrected chi connectivity index (χ4v) is 3.95. The Morgan fingerprint density at radius 2 is 2.00 bits per heavy atom. The summed E-state index contributed by atoms with van der Waals surface area (Å²) in [7, 11) is 0. The standard InChI is InChI=1S/C22H27NOS/c1-7-23-22(15(3)17(5)25-18(6)16(4)24)21-10-8-9-19-13-14(2)11-12-20(19)21/h7,11-13,21H,5-6,8-10H2,1-4H3/b22-15-,23-7-. The third-order valence-corrected chi connectivity index (χ3v) is 5.74. The number of carbonyl (C=O) groups is 1. The topological polar surface area (TPSA) is 29.4 Å². The molecule has 1 aromatic carbocycles. The predicted molar refractivity (Wildman–Crippen MR) is 110 cm³/mol. The number of aliphatic imine (C=N–C) groups is 1. The van der Waals surface area contributed by atoms with Gasteiger partial charge in [0.25, 0.3) is 0 Å². The van der Waals surface area contributed by atoms with Gasteiger partial charge >= 0.3 is 0 Å². The van der Waals surface area contributed by atoms with Crippen LogP contribution in [0.1, 0.15) is 56.2 Å². The molecule has 0 aromatic heterocycles. The molecule has 0 amide bonds. The van der Waals surface area contributed by atoms with E-state index in [2.05, 4.69) is 38.3 Å². The van der Waals surface area contributed by atoms with E-state index in [0.29, 0.717) is 4.91 Å². The fraction of sp³-hybridized carbons (Fsp3) is 0.364. The number of nitrogens with zero attached hydrogens (tertiary/aromatic N) is 1. The molecule has 0 radical (unpaired) electrons. The zero-order valence-corrected chi connectivity index (χ0v) is 16.5. The maximum Gasteiger partial charge on any atom is 0.165 e. The van der Waals surface area contributed by atoms with Gasteiger partial charge in [-0.1, -0.05) is 48.7 Å². The van der Waals surface area contributed by atoms with Gasteiger partial charge in [-0.2, -0.15) is 0 Å². The van der Waals surface area contributed by atoms with E-state index in [1.54, 1.807) is 0 Å². The van der Waals surface area contributed by atoms with Crippen molar-refractivity contribution in [3.8, 4) is 0 Å². The van der Waals surface area contributed by atoms with Gasteiger partial charge in [-0.15, -0.1) is 0 Å². The van der Waals surface area contributed by atoms with Crippen molar-refractivity contribution in [3.05, 3.63) is 69.1 Å². The molecule has 0 N–H and O–H groups in total. The van der Waals surface area contributed by atoms with Gasteiger partial charge in [-0.25, -0.2) is 0 Å². The lowest BCUT2D eigenvalue weighted by Crippen LogP contribution is -2.13. The van der Waals surface area contributed by atoms with Crippen LogP contribution in [0.25, 0.3) is 0 Å². The van der Waals surface area contributed by atoms with E-state index in [-0.39, 0.29) is 11.7 Å². The molecule has 0 bridgehead atoms. The Morgan fingerprint density at radius 1 is 1.28 bits per heavy atom. The van der Waals surface area contributed by atoms with Crippen molar-refractivity contribution in [1.29, 1.82) is 0 Å². The third-order valence-electron chi connectivity index (χ3n) is 4.65. The first-order valence-electron chi connectivity index (χ1n) is 8.71. The highest BCUT2D eigenvalue weighted by Gasteiger charge is 2.25. The molecule has 0 saturated carbocycles. The van der Waals surface area contributed by atoms with E-state index in [9.17, 15) is 4.79 Å². The van der Waals surface area contributed by atoms with E-state index in [1.807, 2.05) is 20.1 Å². The number of allylic oxidation sites excluding steroid dienone is 3. The lowest BCUT2D eigenvalue weighted by Gasteiger charge is -2.28. The Balaban J connectivity index is 2.43. The third kappa shape index (κ3) is 4.60. The zero-order valence-electron chi connectivity index (χ0n) is 15.7. The van der Waals surface area contributed by atoms with Gasteiger partial charge in [0, 0.05) is 21.9 Å². The number of fused-ring (bicyclic) bond motifs is 1. The summed E-state index contributed by atoms with van der Waals surface area (Å²) in [6.07, 6.45) is 5.23. The Labute approximate surface area is 155 Å². The fourth-order valence-electron chi connectivity index (χ4n) is 3.25. The van der Waals surface area contributed by atoms with Crippen molar-refractivity contribution in [3.63, 3.8) is 0 Å². The second-order valence-corrected chi connectivity index (χ2v) is 7.74. The lowest BCUT2D eigenvalue weighted by atomic mass is 9.79. The van der Waals surface area contributed by atoms with Crippen LogP contribution in [0.5, 0.6) is 0 Å². The number of thioether (sulfide) groups is 1. The normalized spacial score (nSPS) is 17.8. The number of benzene rings is 1. The van der Waals surface area contributed by atoms with Crippen molar-refractivity contribution < 1.29 is 4.79 Å². The number of hydrogen-bond acceptors (Lipinski definition) is 3. The first-order chi connectivity index (χ1) is 11.8. The molecule has 25 heavy (non-hydrogen) atoms. The van der Waals surface area contributed by atoms with E-state index >= 15 is 0 Å². The Hall–Kier alpha value is -1.87. The van der Waals surface area contributed by atoms with E-state index < -0.39 is 0 Å². The van der Waals surface area contributed by atoms with E-state index in [1.165, 1.54) is 35.4 Å². The molecule has 1 aliphatic carbocycles. The Bertz CT molecular complexity index is 770. The molecule has 0 aliphatic heterocycles. The molecule has 1 atom stereocenters. The second-order valence-electron chi connectivity index (χ2n) is 6.55. The van der Waals surface area contributed by atoms with Gasteiger partial charge in [-0.3, -0.25) is 9.79 Å². The molecule has 0 saturated heterocycles. The van der Waals surface area contributed by atoms with Crippen molar-refractivity contribution in [2.24, 2.45) is 4.99 Å². The monoisotopic (exact) mass is 353 g/mol. The largest absolute Gasteiger partial charge is 0.294 e. The van der Waals surface area contributed by atoms with Crippen molar-refractivity contribution >= 4 is 23.8 Å². The molecular weight excluding hydrogens is 326 g/mol. The number of rotatable bonds is 6. The predicted octanol–water partition coefficient (Wildman–Crippen LogP) is 6.13. The highest BCUT2D eigenvalue weighted by molar-refractivity contribution is 8.07. The van der Waals surface area contributed by atoms with Crippen LogP contribution in [0, 0.1) is 6.92 Å². The van der Waals surface area contributed by atoms with Gasteiger partial charge in [0.05, 0.1) is 5.70 Å². The van der Waals surface area contributed by atoms with Crippen LogP contribution in [0.4, 0.5) is 0 Å². The van der Waals surface area contributed by atoms with Crippen LogP contribution in [0.2, 0.25) is 0 Å². The Morgan fingerprint density at radius 3 is 2.64 bits per heavy atom. The van der Waals surface area contributed by atoms with Crippen molar-refractivity contribution in [1.82, 2.24) is 0 Å². The summed E-state index contributed by atoms with van der Waals surface area (Å²) in [5, 5.41) is 0. The Kier molecular flexibility index (Phi) is 6.60. The minimum absolute atomic E-state index is 0.0158. The molecule has 1 aliphatic rings. The van der Waals surface area contributed by atoms with E-state index in [4.69, 9.17) is 4.99 Å². The average molecular weight is 354 g/mol. The van der Waals surface area contributed by atoms with Crippen molar-refractivity contribution in [2.45, 2.75) is 52.9 Å². The summed E-state index contributed by atoms with van der Waals surface area (Å²) in [6, 6.07) is 6.73. The molecule has 132 valence electrons. The second kappa shape index (κ2) is 8.48. The number of hydrogen-bond donors (Lipinski definition) is 0. The van der Waals surface area contributed by atoms with Crippen LogP contribution in [0.15, 0.2) is 57.4 Å². The van der Waals surface area contributed by atoms with Crippen LogP contribution in [-0.2, 0) is 11.2 Å². The molecule has 0 fully saturated rings. The smallest absolute Gasteiger partial charge is 0.165 e. The SMILES string of the molecule is C=C(SC(=C)/C(C)=C(\N=C/C)C1CCCc2cc(C)ccc21)C(C)=O. The minimum atomic E-state index is -0.0158. The van der Waals surface area contributed by atoms with Crippen molar-refractivity contribution in [2.75, 3.05) is 0 Å². The average Bonchev–Trinajstić information content (AvgIpc) is 2.58. The van der Waals surface area contributed by atoms with Gasteiger partial charge < -0.3 is 0 Å². The van der Waals surface area contributed by atoms with Gasteiger partial charge in [0.2, 0.25) is 0 Å². The number of aryl methyl sites for hydroxylation is 2. The maximum atomic E-state index is 11.5. The first-order valence-corrected chi connectivity index (χ1v) is 9.52. The summed E-state index contributed by atoms with van der Waals surface area (Å²) >= 11 is 1.35. The highest BCUT2D eigenvalue weighted by atomic mass is 32.2. The summed E-state index contributed by atoms with van der Waals surface area (Å²) in [5.74, 6) is 0.265.